The van der Waals surface area contributed by atoms with Gasteiger partial charge in [-0.1, -0.05) is 20.8 Å². The quantitative estimate of drug-likeness (QED) is 0.825. The van der Waals surface area contributed by atoms with Gasteiger partial charge < -0.3 is 10.6 Å². The van der Waals surface area contributed by atoms with E-state index in [0.717, 1.165) is 20.5 Å². The molecule has 2 N–H and O–H groups in total. The summed E-state index contributed by atoms with van der Waals surface area (Å²) < 4.78 is 0. The van der Waals surface area contributed by atoms with Gasteiger partial charge in [0.05, 0.1) is 22.1 Å². The van der Waals surface area contributed by atoms with Crippen LogP contribution in [0.4, 0.5) is 0 Å². The minimum atomic E-state index is -0.433. The molecular formula is C17H23N3O2S2. The SMILES string of the molecule is Cc1nc(-c2ccc(CNC(=O)CCNC(=O)C(C)(C)C)s2)cs1. The number of thiophene rings is 1. The van der Waals surface area contributed by atoms with Crippen LogP contribution in [0.25, 0.3) is 10.6 Å². The van der Waals surface area contributed by atoms with Gasteiger partial charge in [-0.15, -0.1) is 22.7 Å². The van der Waals surface area contributed by atoms with Gasteiger partial charge in [0.2, 0.25) is 11.8 Å². The molecule has 24 heavy (non-hydrogen) atoms. The van der Waals surface area contributed by atoms with Gasteiger partial charge in [0.25, 0.3) is 0 Å². The normalized spacial score (nSPS) is 11.3. The van der Waals surface area contributed by atoms with Crippen molar-refractivity contribution in [3.63, 3.8) is 0 Å². The van der Waals surface area contributed by atoms with Crippen LogP contribution < -0.4 is 10.6 Å². The molecular weight excluding hydrogens is 342 g/mol. The molecule has 5 nitrogen and oxygen atoms in total. The number of aromatic nitrogens is 1. The summed E-state index contributed by atoms with van der Waals surface area (Å²) in [5.74, 6) is -0.111. The maximum Gasteiger partial charge on any atom is 0.225 e. The van der Waals surface area contributed by atoms with E-state index in [4.69, 9.17) is 0 Å². The van der Waals surface area contributed by atoms with Crippen molar-refractivity contribution >= 4 is 34.5 Å². The Morgan fingerprint density at radius 1 is 1.21 bits per heavy atom. The van der Waals surface area contributed by atoms with Gasteiger partial charge >= 0.3 is 0 Å². The van der Waals surface area contributed by atoms with Crippen molar-refractivity contribution in [2.24, 2.45) is 5.41 Å². The first-order valence-electron chi connectivity index (χ1n) is 7.82. The number of rotatable bonds is 6. The molecule has 0 radical (unpaired) electrons. The van der Waals surface area contributed by atoms with E-state index in [1.165, 1.54) is 0 Å². The zero-order chi connectivity index (χ0) is 17.7. The molecule has 2 aromatic rings. The highest BCUT2D eigenvalue weighted by Gasteiger charge is 2.20. The molecule has 2 rings (SSSR count). The summed E-state index contributed by atoms with van der Waals surface area (Å²) in [7, 11) is 0. The highest BCUT2D eigenvalue weighted by atomic mass is 32.1. The third-order valence-electron chi connectivity index (χ3n) is 3.31. The molecule has 0 saturated heterocycles. The Bertz CT molecular complexity index is 713. The van der Waals surface area contributed by atoms with Gasteiger partial charge in [-0.2, -0.15) is 0 Å². The molecule has 0 aliphatic carbocycles. The van der Waals surface area contributed by atoms with E-state index in [0.29, 0.717) is 13.1 Å². The first-order valence-corrected chi connectivity index (χ1v) is 9.51. The van der Waals surface area contributed by atoms with Crippen molar-refractivity contribution in [1.82, 2.24) is 15.6 Å². The van der Waals surface area contributed by atoms with Gasteiger partial charge in [0.1, 0.15) is 0 Å². The first-order chi connectivity index (χ1) is 11.3. The molecule has 0 atom stereocenters. The predicted octanol–water partition coefficient (Wildman–Crippen LogP) is 3.35. The number of hydrogen-bond acceptors (Lipinski definition) is 5. The highest BCUT2D eigenvalue weighted by molar-refractivity contribution is 7.16. The number of carbonyl (C=O) groups is 2. The van der Waals surface area contributed by atoms with Crippen LogP contribution in [0, 0.1) is 12.3 Å². The summed E-state index contributed by atoms with van der Waals surface area (Å²) in [5, 5.41) is 8.75. The highest BCUT2D eigenvalue weighted by Crippen LogP contribution is 2.28. The smallest absolute Gasteiger partial charge is 0.225 e. The fourth-order valence-corrected chi connectivity index (χ4v) is 3.51. The van der Waals surface area contributed by atoms with E-state index in [1.54, 1.807) is 22.7 Å². The molecule has 0 aromatic carbocycles. The number of carbonyl (C=O) groups excluding carboxylic acids is 2. The standard InChI is InChI=1S/C17H23N3O2S2/c1-11-20-13(10-23-11)14-6-5-12(24-14)9-19-15(21)7-8-18-16(22)17(2,3)4/h5-6,10H,7-9H2,1-4H3,(H,18,22)(H,19,21). The van der Waals surface area contributed by atoms with Crippen LogP contribution in [0.15, 0.2) is 17.5 Å². The third-order valence-corrected chi connectivity index (χ3v) is 5.19. The van der Waals surface area contributed by atoms with Crippen LogP contribution in [0.2, 0.25) is 0 Å². The second kappa shape index (κ2) is 7.90. The number of amides is 2. The van der Waals surface area contributed by atoms with Crippen LogP contribution in [0.1, 0.15) is 37.1 Å². The first kappa shape index (κ1) is 18.6. The van der Waals surface area contributed by atoms with Crippen LogP contribution in [0.3, 0.4) is 0 Å². The van der Waals surface area contributed by atoms with Gasteiger partial charge in [-0.05, 0) is 19.1 Å². The van der Waals surface area contributed by atoms with Crippen LogP contribution in [-0.2, 0) is 16.1 Å². The van der Waals surface area contributed by atoms with Crippen molar-refractivity contribution in [3.8, 4) is 10.6 Å². The van der Waals surface area contributed by atoms with Crippen molar-refractivity contribution in [1.29, 1.82) is 0 Å². The second-order valence-electron chi connectivity index (χ2n) is 6.55. The number of nitrogens with one attached hydrogen (secondary N) is 2. The molecule has 2 amide bonds. The van der Waals surface area contributed by atoms with Gasteiger partial charge in [-0.25, -0.2) is 4.98 Å². The third kappa shape index (κ3) is 5.42. The number of thiazole rings is 1. The van der Waals surface area contributed by atoms with Gasteiger partial charge in [0.15, 0.2) is 0 Å². The Balaban J connectivity index is 1.74. The van der Waals surface area contributed by atoms with Crippen molar-refractivity contribution in [2.75, 3.05) is 6.54 Å². The molecule has 0 aliphatic heterocycles. The number of nitrogens with zero attached hydrogens (tertiary/aromatic N) is 1. The summed E-state index contributed by atoms with van der Waals surface area (Å²) in [4.78, 5) is 30.2. The maximum absolute atomic E-state index is 11.9. The summed E-state index contributed by atoms with van der Waals surface area (Å²) in [6.45, 7) is 8.39. The topological polar surface area (TPSA) is 71.1 Å². The molecule has 0 saturated carbocycles. The fraction of sp³-hybridized carbons (Fsp3) is 0.471. The number of hydrogen-bond donors (Lipinski definition) is 2. The van der Waals surface area contributed by atoms with E-state index in [9.17, 15) is 9.59 Å². The Morgan fingerprint density at radius 3 is 2.58 bits per heavy atom. The monoisotopic (exact) mass is 365 g/mol. The van der Waals surface area contributed by atoms with E-state index in [-0.39, 0.29) is 18.2 Å². The van der Waals surface area contributed by atoms with Crippen molar-refractivity contribution in [2.45, 2.75) is 40.7 Å². The van der Waals surface area contributed by atoms with Gasteiger partial charge in [-0.3, -0.25) is 9.59 Å². The molecule has 130 valence electrons. The van der Waals surface area contributed by atoms with E-state index >= 15 is 0 Å². The summed E-state index contributed by atoms with van der Waals surface area (Å²) >= 11 is 3.26. The van der Waals surface area contributed by atoms with Crippen molar-refractivity contribution < 1.29 is 9.59 Å². The zero-order valence-corrected chi connectivity index (χ0v) is 16.1. The number of aryl methyl sites for hydroxylation is 1. The maximum atomic E-state index is 11.9. The minimum absolute atomic E-state index is 0.0447. The molecule has 0 fully saturated rings. The fourth-order valence-electron chi connectivity index (χ4n) is 1.92. The summed E-state index contributed by atoms with van der Waals surface area (Å²) in [5.41, 5.74) is 0.558. The molecule has 0 spiro atoms. The molecule has 0 aliphatic rings. The second-order valence-corrected chi connectivity index (χ2v) is 8.78. The lowest BCUT2D eigenvalue weighted by atomic mass is 9.96. The largest absolute Gasteiger partial charge is 0.355 e. The van der Waals surface area contributed by atoms with Crippen LogP contribution in [0.5, 0.6) is 0 Å². The van der Waals surface area contributed by atoms with E-state index in [2.05, 4.69) is 15.6 Å². The molecule has 0 bridgehead atoms. The Morgan fingerprint density at radius 2 is 1.96 bits per heavy atom. The lowest BCUT2D eigenvalue weighted by Crippen LogP contribution is -2.37. The van der Waals surface area contributed by atoms with E-state index < -0.39 is 5.41 Å². The van der Waals surface area contributed by atoms with Crippen LogP contribution >= 0.6 is 22.7 Å². The Hall–Kier alpha value is -1.73. The molecule has 7 heteroatoms. The van der Waals surface area contributed by atoms with Crippen molar-refractivity contribution in [3.05, 3.63) is 27.4 Å². The zero-order valence-electron chi connectivity index (χ0n) is 14.4. The van der Waals surface area contributed by atoms with E-state index in [1.807, 2.05) is 45.2 Å². The average molecular weight is 366 g/mol. The predicted molar refractivity (Wildman–Crippen MR) is 99.1 cm³/mol. The Labute approximate surface area is 150 Å². The minimum Gasteiger partial charge on any atom is -0.355 e. The summed E-state index contributed by atoms with van der Waals surface area (Å²) in [6.07, 6.45) is 0.283. The molecule has 0 unspecified atom stereocenters. The molecule has 2 aromatic heterocycles. The van der Waals surface area contributed by atoms with Gasteiger partial charge in [0, 0.05) is 28.6 Å². The average Bonchev–Trinajstić information content (AvgIpc) is 3.12. The molecule has 2 heterocycles. The Kier molecular flexibility index (Phi) is 6.12. The van der Waals surface area contributed by atoms with Crippen LogP contribution in [-0.4, -0.2) is 23.3 Å². The lowest BCUT2D eigenvalue weighted by molar-refractivity contribution is -0.128. The summed E-state index contributed by atoms with van der Waals surface area (Å²) in [6, 6.07) is 4.04. The lowest BCUT2D eigenvalue weighted by Gasteiger charge is -2.17.